The summed E-state index contributed by atoms with van der Waals surface area (Å²) in [5, 5.41) is 11.2. The molecule has 19 heteroatoms. The summed E-state index contributed by atoms with van der Waals surface area (Å²) in [4.78, 5) is 92.2. The molecule has 4 rings (SSSR count). The van der Waals surface area contributed by atoms with Gasteiger partial charge in [0, 0.05) is 69.1 Å². The van der Waals surface area contributed by atoms with Crippen LogP contribution in [-0.4, -0.2) is 134 Å². The smallest absolute Gasteiger partial charge is 0.271 e. The van der Waals surface area contributed by atoms with Gasteiger partial charge < -0.3 is 35.6 Å². The molecular weight excluding hydrogens is 739 g/mol. The first kappa shape index (κ1) is 41.9. The summed E-state index contributed by atoms with van der Waals surface area (Å²) in [6.07, 6.45) is 3.05. The van der Waals surface area contributed by atoms with Crippen LogP contribution in [0.1, 0.15) is 60.7 Å². The Hall–Kier alpha value is -4.88. The van der Waals surface area contributed by atoms with Crippen LogP contribution < -0.4 is 20.7 Å². The second kappa shape index (κ2) is 18.4. The van der Waals surface area contributed by atoms with Crippen LogP contribution >= 0.6 is 11.3 Å². The number of rotatable bonds is 8. The maximum atomic E-state index is 13.9. The number of aromatic amines is 1. The maximum absolute atomic E-state index is 13.9. The van der Waals surface area contributed by atoms with Crippen molar-refractivity contribution in [3.8, 4) is 0 Å². The van der Waals surface area contributed by atoms with Crippen molar-refractivity contribution in [3.05, 3.63) is 52.1 Å². The van der Waals surface area contributed by atoms with Gasteiger partial charge in [0.05, 0.1) is 25.4 Å². The molecule has 5 N–H and O–H groups in total. The van der Waals surface area contributed by atoms with Crippen molar-refractivity contribution in [1.82, 2.24) is 45.3 Å². The summed E-state index contributed by atoms with van der Waals surface area (Å²) in [5.74, 6) is -3.23. The van der Waals surface area contributed by atoms with Gasteiger partial charge in [-0.3, -0.25) is 28.8 Å². The van der Waals surface area contributed by atoms with E-state index in [4.69, 9.17) is 0 Å². The summed E-state index contributed by atoms with van der Waals surface area (Å²) >= 11 is 1.16. The molecule has 1 aromatic carbocycles. The molecule has 6 amide bonds. The lowest BCUT2D eigenvalue weighted by Gasteiger charge is -2.28. The van der Waals surface area contributed by atoms with E-state index in [-0.39, 0.29) is 44.1 Å². The van der Waals surface area contributed by atoms with E-state index in [0.717, 1.165) is 34.1 Å². The van der Waals surface area contributed by atoms with E-state index < -0.39 is 76.7 Å². The number of sulfonamides is 1. The van der Waals surface area contributed by atoms with Gasteiger partial charge in [-0.1, -0.05) is 32.0 Å². The second-order valence-electron chi connectivity index (χ2n) is 13.9. The third-order valence-electron chi connectivity index (χ3n) is 8.77. The molecule has 0 saturated carbocycles. The Morgan fingerprint density at radius 1 is 0.963 bits per heavy atom. The Bertz CT molecular complexity index is 1960. The zero-order chi connectivity index (χ0) is 39.7. The molecular formula is C35H49N9O8S2. The van der Waals surface area contributed by atoms with Crippen LogP contribution in [0.5, 0.6) is 0 Å². The number of carbonyl (C=O) groups excluding carboxylic acids is 6. The Morgan fingerprint density at radius 3 is 2.37 bits per heavy atom. The number of hydrogen-bond acceptors (Lipinski definition) is 10. The highest BCUT2D eigenvalue weighted by atomic mass is 32.2. The molecule has 1 aliphatic heterocycles. The SMILES string of the molecule is CC(C)C[C@@H]1NC(=O)CN(C(=O)CCNS(C)(=O)=O)CCN(C)C(=O)[C@H](C)NC(=O)CN(C)C(=O)[C@@H](Cc2c[nH]c3ccccc23)NC(=O)c2csc1n2. The van der Waals surface area contributed by atoms with Crippen LogP contribution in [-0.2, 0) is 40.4 Å². The Kier molecular flexibility index (Phi) is 14.3. The third kappa shape index (κ3) is 11.8. The van der Waals surface area contributed by atoms with Gasteiger partial charge in [-0.15, -0.1) is 11.3 Å². The van der Waals surface area contributed by atoms with Gasteiger partial charge >= 0.3 is 0 Å². The normalized spacial score (nSPS) is 20.5. The summed E-state index contributed by atoms with van der Waals surface area (Å²) in [6, 6.07) is 4.80. The lowest BCUT2D eigenvalue weighted by atomic mass is 10.0. The van der Waals surface area contributed by atoms with Gasteiger partial charge in [0.1, 0.15) is 22.8 Å². The molecule has 2 aromatic heterocycles. The van der Waals surface area contributed by atoms with E-state index in [1.54, 1.807) is 11.6 Å². The van der Waals surface area contributed by atoms with Crippen molar-refractivity contribution in [1.29, 1.82) is 0 Å². The van der Waals surface area contributed by atoms with Crippen molar-refractivity contribution in [2.45, 2.75) is 58.2 Å². The molecule has 2 bridgehead atoms. The van der Waals surface area contributed by atoms with Crippen molar-refractivity contribution < 1.29 is 37.2 Å². The molecule has 0 fully saturated rings. The van der Waals surface area contributed by atoms with Gasteiger partial charge in [0.2, 0.25) is 39.6 Å². The summed E-state index contributed by atoms with van der Waals surface area (Å²) in [7, 11) is -0.645. The predicted octanol–water partition coefficient (Wildman–Crippen LogP) is 0.372. The molecule has 0 spiro atoms. The fourth-order valence-corrected chi connectivity index (χ4v) is 7.36. The van der Waals surface area contributed by atoms with E-state index in [1.807, 2.05) is 38.1 Å². The summed E-state index contributed by atoms with van der Waals surface area (Å²) in [6.45, 7) is 4.33. The van der Waals surface area contributed by atoms with Crippen LogP contribution in [0.2, 0.25) is 0 Å². The second-order valence-corrected chi connectivity index (χ2v) is 16.6. The van der Waals surface area contributed by atoms with Crippen LogP contribution in [0.3, 0.4) is 0 Å². The summed E-state index contributed by atoms with van der Waals surface area (Å²) < 4.78 is 25.4. The van der Waals surface area contributed by atoms with Gasteiger partial charge in [-0.25, -0.2) is 18.1 Å². The van der Waals surface area contributed by atoms with E-state index in [2.05, 4.69) is 30.6 Å². The van der Waals surface area contributed by atoms with E-state index in [1.165, 1.54) is 35.7 Å². The molecule has 3 aromatic rings. The fourth-order valence-electron chi connectivity index (χ4n) is 6.02. The highest BCUT2D eigenvalue weighted by Gasteiger charge is 2.30. The van der Waals surface area contributed by atoms with Gasteiger partial charge in [-0.05, 0) is 30.9 Å². The minimum absolute atomic E-state index is 0.00941. The quantitative estimate of drug-likeness (QED) is 0.213. The minimum atomic E-state index is -3.56. The van der Waals surface area contributed by atoms with Crippen molar-refractivity contribution in [2.75, 3.05) is 53.1 Å². The molecule has 0 radical (unpaired) electrons. The number of hydrogen-bond donors (Lipinski definition) is 5. The third-order valence-corrected chi connectivity index (χ3v) is 10.5. The number of benzene rings is 1. The topological polar surface area (TPSA) is 223 Å². The molecule has 0 aliphatic carbocycles. The van der Waals surface area contributed by atoms with Crippen LogP contribution in [0, 0.1) is 5.92 Å². The maximum Gasteiger partial charge on any atom is 0.271 e. The highest BCUT2D eigenvalue weighted by Crippen LogP contribution is 2.25. The first-order valence-electron chi connectivity index (χ1n) is 17.5. The van der Waals surface area contributed by atoms with Gasteiger partial charge in [-0.2, -0.15) is 0 Å². The first-order valence-corrected chi connectivity index (χ1v) is 20.3. The number of nitrogens with one attached hydrogen (secondary N) is 5. The van der Waals surface area contributed by atoms with Gasteiger partial charge in [0.25, 0.3) is 5.91 Å². The number of amides is 6. The van der Waals surface area contributed by atoms with E-state index >= 15 is 0 Å². The van der Waals surface area contributed by atoms with E-state index in [0.29, 0.717) is 11.4 Å². The Labute approximate surface area is 318 Å². The number of aromatic nitrogens is 2. The van der Waals surface area contributed by atoms with E-state index in [9.17, 15) is 37.2 Å². The van der Waals surface area contributed by atoms with Crippen molar-refractivity contribution in [3.63, 3.8) is 0 Å². The molecule has 3 atom stereocenters. The average molecular weight is 788 g/mol. The number of likely N-dealkylation sites (N-methyl/N-ethyl adjacent to an activating group) is 2. The number of thiazole rings is 1. The Balaban J connectivity index is 1.66. The van der Waals surface area contributed by atoms with Crippen molar-refractivity contribution in [2.24, 2.45) is 5.92 Å². The van der Waals surface area contributed by atoms with Crippen molar-refractivity contribution >= 4 is 67.7 Å². The monoisotopic (exact) mass is 787 g/mol. The van der Waals surface area contributed by atoms with Crippen LogP contribution in [0.15, 0.2) is 35.8 Å². The standard InChI is InChI=1S/C35H49N9O8S2/c1-21(2)15-26-33-41-28(20-53-33)32(48)40-27(16-23-17-36-25-10-8-7-9-24(23)25)35(50)43(5)18-29(45)38-22(3)34(49)42(4)13-14-44(19-30(46)39-26)31(47)11-12-37-54(6,51)52/h7-10,17,20-22,26-27,36-37H,11-16,18-19H2,1-6H3,(H,38,45)(H,39,46)(H,40,48)/t22-,26-,27+/m0/s1. The van der Waals surface area contributed by atoms with Crippen LogP contribution in [0.4, 0.5) is 0 Å². The molecule has 17 nitrogen and oxygen atoms in total. The molecule has 54 heavy (non-hydrogen) atoms. The number of nitrogens with zero attached hydrogens (tertiary/aromatic N) is 4. The Morgan fingerprint density at radius 2 is 1.67 bits per heavy atom. The summed E-state index contributed by atoms with van der Waals surface area (Å²) in [5.41, 5.74) is 1.66. The van der Waals surface area contributed by atoms with Gasteiger partial charge in [0.15, 0.2) is 0 Å². The zero-order valence-corrected chi connectivity index (χ0v) is 32.9. The highest BCUT2D eigenvalue weighted by molar-refractivity contribution is 7.88. The molecule has 1 aliphatic rings. The largest absolute Gasteiger partial charge is 0.361 e. The average Bonchev–Trinajstić information content (AvgIpc) is 3.75. The predicted molar refractivity (Wildman–Crippen MR) is 203 cm³/mol. The minimum Gasteiger partial charge on any atom is -0.361 e. The lowest BCUT2D eigenvalue weighted by molar-refractivity contribution is -0.139. The number of carbonyl (C=O) groups is 6. The number of fused-ring (bicyclic) bond motifs is 3. The fraction of sp³-hybridized carbons (Fsp3) is 0.514. The molecule has 294 valence electrons. The number of H-pyrrole nitrogens is 1. The van der Waals surface area contributed by atoms with Crippen LogP contribution in [0.25, 0.3) is 10.9 Å². The molecule has 3 heterocycles. The molecule has 0 unspecified atom stereocenters. The first-order chi connectivity index (χ1) is 25.4. The lowest BCUT2D eigenvalue weighted by Crippen LogP contribution is -2.53. The molecule has 0 saturated heterocycles. The zero-order valence-electron chi connectivity index (χ0n) is 31.3. The number of para-hydroxylation sites is 1.